The molecule has 0 amide bonds. The molecule has 3 aromatic carbocycles. The van der Waals surface area contributed by atoms with E-state index >= 15 is 0 Å². The van der Waals surface area contributed by atoms with E-state index in [0.29, 0.717) is 17.8 Å². The Kier molecular flexibility index (Phi) is 10.0. The molecule has 2 fully saturated rings. The van der Waals surface area contributed by atoms with Gasteiger partial charge in [-0.15, -0.1) is 6.42 Å². The van der Waals surface area contributed by atoms with Crippen LogP contribution in [-0.2, 0) is 12.8 Å². The molecule has 2 aliphatic rings. The zero-order valence-electron chi connectivity index (χ0n) is 25.2. The molecule has 0 radical (unpaired) electrons. The third-order valence-electron chi connectivity index (χ3n) is 10.2. The lowest BCUT2D eigenvalue weighted by molar-refractivity contribution is 0.252. The van der Waals surface area contributed by atoms with E-state index in [0.717, 1.165) is 30.2 Å². The topological polar surface area (TPSA) is 0 Å². The smallest absolute Gasteiger partial charge is 0.0242 e. The lowest BCUT2D eigenvalue weighted by Crippen LogP contribution is -2.23. The second kappa shape index (κ2) is 14.0. The molecule has 0 N–H and O–H groups in total. The van der Waals surface area contributed by atoms with Gasteiger partial charge in [0.15, 0.2) is 0 Å². The molecule has 0 bridgehead atoms. The molecular weight excluding hydrogens is 492 g/mol. The van der Waals surface area contributed by atoms with Crippen molar-refractivity contribution >= 4 is 0 Å². The second-order valence-corrected chi connectivity index (χ2v) is 13.0. The van der Waals surface area contributed by atoms with E-state index in [2.05, 4.69) is 98.3 Å². The van der Waals surface area contributed by atoms with Crippen molar-refractivity contribution in [2.45, 2.75) is 89.4 Å². The van der Waals surface area contributed by atoms with Crippen molar-refractivity contribution in [1.29, 1.82) is 0 Å². The number of rotatable bonds is 10. The average molecular weight is 541 g/mol. The van der Waals surface area contributed by atoms with Crippen LogP contribution in [0, 0.1) is 30.1 Å². The molecule has 2 saturated carbocycles. The highest BCUT2D eigenvalue weighted by molar-refractivity contribution is 5.35. The van der Waals surface area contributed by atoms with Crippen LogP contribution < -0.4 is 0 Å². The Bertz CT molecular complexity index is 1300. The van der Waals surface area contributed by atoms with Crippen molar-refractivity contribution in [2.75, 3.05) is 0 Å². The molecule has 0 heterocycles. The van der Waals surface area contributed by atoms with Crippen molar-refractivity contribution in [1.82, 2.24) is 0 Å². The van der Waals surface area contributed by atoms with Gasteiger partial charge < -0.3 is 0 Å². The summed E-state index contributed by atoms with van der Waals surface area (Å²) in [6, 6.07) is 29.3. The summed E-state index contributed by atoms with van der Waals surface area (Å²) >= 11 is 0. The minimum absolute atomic E-state index is 0.447. The molecule has 0 heteroatoms. The molecule has 41 heavy (non-hydrogen) atoms. The van der Waals surface area contributed by atoms with Crippen LogP contribution in [-0.4, -0.2) is 0 Å². The van der Waals surface area contributed by atoms with E-state index in [1.54, 1.807) is 0 Å². The summed E-state index contributed by atoms with van der Waals surface area (Å²) in [6.45, 7) is 11.2. The standard InChI is InChI=1S/C41H48/c1-5-32-13-15-34(16-14-32)29-35-17-19-39(20-18-35)41(31(4)11-12-33-9-7-6-8-10-33)40-27-25-38(26-28-40)37-23-21-36(22-24-37)30(2)3/h1,6-10,13-16,25-28,35-37,39,41H,2,4,11-12,17-24,29H2,3H3. The minimum Gasteiger partial charge on any atom is -0.115 e. The highest BCUT2D eigenvalue weighted by atomic mass is 14.4. The van der Waals surface area contributed by atoms with Crippen molar-refractivity contribution in [3.63, 3.8) is 0 Å². The molecule has 212 valence electrons. The van der Waals surface area contributed by atoms with Crippen LogP contribution >= 0.6 is 0 Å². The number of benzene rings is 3. The molecule has 0 aromatic heterocycles. The molecule has 2 aliphatic carbocycles. The van der Waals surface area contributed by atoms with Gasteiger partial charge in [-0.3, -0.25) is 0 Å². The van der Waals surface area contributed by atoms with Crippen LogP contribution in [0.3, 0.4) is 0 Å². The quantitative estimate of drug-likeness (QED) is 0.177. The summed E-state index contributed by atoms with van der Waals surface area (Å²) in [7, 11) is 0. The molecule has 1 atom stereocenters. The van der Waals surface area contributed by atoms with Crippen molar-refractivity contribution in [3.05, 3.63) is 131 Å². The predicted octanol–water partition coefficient (Wildman–Crippen LogP) is 10.8. The zero-order chi connectivity index (χ0) is 28.6. The highest BCUT2D eigenvalue weighted by Gasteiger charge is 2.31. The zero-order valence-corrected chi connectivity index (χ0v) is 25.2. The van der Waals surface area contributed by atoms with Crippen molar-refractivity contribution in [3.8, 4) is 12.3 Å². The first-order chi connectivity index (χ1) is 20.0. The van der Waals surface area contributed by atoms with Crippen molar-refractivity contribution < 1.29 is 0 Å². The number of aryl methyl sites for hydroxylation is 1. The summed E-state index contributed by atoms with van der Waals surface area (Å²) < 4.78 is 0. The van der Waals surface area contributed by atoms with Crippen LogP contribution in [0.5, 0.6) is 0 Å². The maximum Gasteiger partial charge on any atom is 0.0242 e. The molecule has 3 aromatic rings. The fourth-order valence-corrected chi connectivity index (χ4v) is 7.64. The molecule has 0 nitrogen and oxygen atoms in total. The van der Waals surface area contributed by atoms with E-state index in [1.807, 2.05) is 0 Å². The normalized spacial score (nSPS) is 23.3. The summed E-state index contributed by atoms with van der Waals surface area (Å²) in [5.74, 6) is 6.05. The third kappa shape index (κ3) is 7.71. The van der Waals surface area contributed by atoms with Crippen LogP contribution in [0.2, 0.25) is 0 Å². The van der Waals surface area contributed by atoms with E-state index in [-0.39, 0.29) is 0 Å². The second-order valence-electron chi connectivity index (χ2n) is 13.0. The van der Waals surface area contributed by atoms with E-state index in [4.69, 9.17) is 13.0 Å². The molecule has 5 rings (SSSR count). The maximum atomic E-state index is 5.56. The van der Waals surface area contributed by atoms with Gasteiger partial charge in [-0.25, -0.2) is 0 Å². The van der Waals surface area contributed by atoms with Crippen molar-refractivity contribution in [2.24, 2.45) is 17.8 Å². The molecule has 0 aliphatic heterocycles. The number of terminal acetylenes is 1. The Hall–Kier alpha value is -3.30. The van der Waals surface area contributed by atoms with Crippen LogP contribution in [0.4, 0.5) is 0 Å². The van der Waals surface area contributed by atoms with Crippen LogP contribution in [0.25, 0.3) is 0 Å². The predicted molar refractivity (Wildman–Crippen MR) is 176 cm³/mol. The molecule has 1 unspecified atom stereocenters. The van der Waals surface area contributed by atoms with Crippen LogP contribution in [0.1, 0.15) is 104 Å². The minimum atomic E-state index is 0.447. The van der Waals surface area contributed by atoms with Gasteiger partial charge in [-0.1, -0.05) is 97.0 Å². The number of hydrogen-bond acceptors (Lipinski definition) is 0. The van der Waals surface area contributed by atoms with Gasteiger partial charge in [0.05, 0.1) is 0 Å². The first-order valence-corrected chi connectivity index (χ1v) is 16.0. The first-order valence-electron chi connectivity index (χ1n) is 16.0. The summed E-state index contributed by atoms with van der Waals surface area (Å²) in [4.78, 5) is 0. The van der Waals surface area contributed by atoms with Gasteiger partial charge in [-0.05, 0) is 136 Å². The van der Waals surface area contributed by atoms with Gasteiger partial charge in [0.2, 0.25) is 0 Å². The van der Waals surface area contributed by atoms with Gasteiger partial charge in [0.1, 0.15) is 0 Å². The molecule has 0 saturated heterocycles. The van der Waals surface area contributed by atoms with E-state index in [9.17, 15) is 0 Å². The Morgan fingerprint density at radius 2 is 1.44 bits per heavy atom. The highest BCUT2D eigenvalue weighted by Crippen LogP contribution is 2.44. The lowest BCUT2D eigenvalue weighted by Gasteiger charge is -2.36. The maximum absolute atomic E-state index is 5.56. The van der Waals surface area contributed by atoms with Crippen LogP contribution in [0.15, 0.2) is 103 Å². The Morgan fingerprint density at radius 3 is 2.05 bits per heavy atom. The largest absolute Gasteiger partial charge is 0.115 e. The fraction of sp³-hybridized carbons (Fsp3) is 0.415. The lowest BCUT2D eigenvalue weighted by atomic mass is 9.69. The van der Waals surface area contributed by atoms with Gasteiger partial charge >= 0.3 is 0 Å². The monoisotopic (exact) mass is 540 g/mol. The molecular formula is C41H48. The first kappa shape index (κ1) is 29.2. The summed E-state index contributed by atoms with van der Waals surface area (Å²) in [6.07, 6.45) is 19.2. The molecule has 0 spiro atoms. The Labute approximate surface area is 250 Å². The Balaban J connectivity index is 1.26. The summed E-state index contributed by atoms with van der Waals surface area (Å²) in [5, 5.41) is 0. The average Bonchev–Trinajstić information content (AvgIpc) is 3.02. The Morgan fingerprint density at radius 1 is 0.780 bits per heavy atom. The van der Waals surface area contributed by atoms with E-state index < -0.39 is 0 Å². The fourth-order valence-electron chi connectivity index (χ4n) is 7.64. The number of hydrogen-bond donors (Lipinski definition) is 0. The van der Waals surface area contributed by atoms with Gasteiger partial charge in [-0.2, -0.15) is 0 Å². The summed E-state index contributed by atoms with van der Waals surface area (Å²) in [5.41, 5.74) is 9.60. The SMILES string of the molecule is C#Cc1ccc(CC2CCC(C(C(=C)CCc3ccccc3)c3ccc(C4CCC(C(=C)C)CC4)cc3)CC2)cc1. The van der Waals surface area contributed by atoms with Gasteiger partial charge in [0.25, 0.3) is 0 Å². The number of allylic oxidation sites excluding steroid dienone is 2. The third-order valence-corrected chi connectivity index (χ3v) is 10.2. The van der Waals surface area contributed by atoms with E-state index in [1.165, 1.54) is 91.2 Å². The van der Waals surface area contributed by atoms with Gasteiger partial charge in [0, 0.05) is 11.5 Å².